The van der Waals surface area contributed by atoms with E-state index < -0.39 is 23.2 Å². The molecule has 2 fully saturated rings. The number of aliphatic hydroxyl groups is 1. The average molecular weight is 370 g/mol. The second kappa shape index (κ2) is 7.08. The first kappa shape index (κ1) is 16.6. The van der Waals surface area contributed by atoms with Gasteiger partial charge in [0.25, 0.3) is 11.1 Å². The maximum absolute atomic E-state index is 12.3. The van der Waals surface area contributed by atoms with Gasteiger partial charge in [-0.1, -0.05) is 6.07 Å². The molecule has 0 bridgehead atoms. The number of amides is 3. The first-order valence-electron chi connectivity index (χ1n) is 6.88. The number of nitrogens with one attached hydrogen (secondary N) is 1. The van der Waals surface area contributed by atoms with Crippen molar-refractivity contribution in [1.29, 1.82) is 0 Å². The highest BCUT2D eigenvalue weighted by Crippen LogP contribution is 2.32. The highest BCUT2D eigenvalue weighted by Gasteiger charge is 2.37. The van der Waals surface area contributed by atoms with Crippen LogP contribution in [-0.4, -0.2) is 57.3 Å². The Bertz CT molecular complexity index is 659. The third-order valence-corrected chi connectivity index (χ3v) is 6.29. The minimum Gasteiger partial charge on any atom is -0.390 e. The Hall–Kier alpha value is -1.29. The van der Waals surface area contributed by atoms with Crippen LogP contribution in [0, 0.1) is 0 Å². The molecule has 2 aliphatic heterocycles. The topological polar surface area (TPSA) is 86.7 Å². The summed E-state index contributed by atoms with van der Waals surface area (Å²) in [5.41, 5.74) is 0. The molecule has 23 heavy (non-hydrogen) atoms. The average Bonchev–Trinajstić information content (AvgIpc) is 3.20. The first-order valence-corrected chi connectivity index (χ1v) is 9.74. The molecule has 2 N–H and O–H groups in total. The SMILES string of the molecule is O=C(CN1C(=O)S/C(=C\c2cccs2)C1=O)N[C@@H]1CSC[C@@H]1O. The lowest BCUT2D eigenvalue weighted by molar-refractivity contribution is -0.129. The Balaban J connectivity index is 1.62. The number of imide groups is 1. The molecule has 0 unspecified atom stereocenters. The van der Waals surface area contributed by atoms with Gasteiger partial charge in [-0.05, 0) is 29.3 Å². The normalized spacial score (nSPS) is 26.3. The van der Waals surface area contributed by atoms with E-state index in [0.29, 0.717) is 16.4 Å². The number of hydrogen-bond donors (Lipinski definition) is 2. The summed E-state index contributed by atoms with van der Waals surface area (Å²) < 4.78 is 0. The fourth-order valence-electron chi connectivity index (χ4n) is 2.22. The number of thiophene rings is 1. The van der Waals surface area contributed by atoms with Crippen LogP contribution in [0.15, 0.2) is 22.4 Å². The highest BCUT2D eigenvalue weighted by molar-refractivity contribution is 8.18. The molecule has 9 heteroatoms. The number of carbonyl (C=O) groups excluding carboxylic acids is 3. The van der Waals surface area contributed by atoms with Gasteiger partial charge in [0.05, 0.1) is 17.1 Å². The number of carbonyl (C=O) groups is 3. The quantitative estimate of drug-likeness (QED) is 0.779. The summed E-state index contributed by atoms with van der Waals surface area (Å²) in [4.78, 5) is 38.4. The van der Waals surface area contributed by atoms with Crippen molar-refractivity contribution >= 4 is 58.0 Å². The minimum atomic E-state index is -0.586. The lowest BCUT2D eigenvalue weighted by Crippen LogP contribution is -2.47. The van der Waals surface area contributed by atoms with Gasteiger partial charge in [0.2, 0.25) is 5.91 Å². The van der Waals surface area contributed by atoms with Crippen LogP contribution in [0.1, 0.15) is 4.88 Å². The lowest BCUT2D eigenvalue weighted by atomic mass is 10.2. The van der Waals surface area contributed by atoms with Crippen LogP contribution in [0.25, 0.3) is 6.08 Å². The Morgan fingerprint density at radius 1 is 1.43 bits per heavy atom. The molecule has 3 heterocycles. The van der Waals surface area contributed by atoms with E-state index in [1.807, 2.05) is 17.5 Å². The summed E-state index contributed by atoms with van der Waals surface area (Å²) in [6.07, 6.45) is 1.07. The molecule has 0 saturated carbocycles. The maximum Gasteiger partial charge on any atom is 0.294 e. The summed E-state index contributed by atoms with van der Waals surface area (Å²) in [5.74, 6) is 0.324. The van der Waals surface area contributed by atoms with Crippen molar-refractivity contribution < 1.29 is 19.5 Å². The molecule has 1 aromatic heterocycles. The van der Waals surface area contributed by atoms with Gasteiger partial charge in [0.15, 0.2) is 0 Å². The fraction of sp³-hybridized carbons (Fsp3) is 0.357. The number of hydrogen-bond acceptors (Lipinski definition) is 7. The lowest BCUT2D eigenvalue weighted by Gasteiger charge is -2.18. The number of thioether (sulfide) groups is 2. The fourth-order valence-corrected chi connectivity index (χ4v) is 4.95. The molecule has 3 rings (SSSR count). The van der Waals surface area contributed by atoms with E-state index in [0.717, 1.165) is 21.5 Å². The highest BCUT2D eigenvalue weighted by atomic mass is 32.2. The van der Waals surface area contributed by atoms with Crippen molar-refractivity contribution in [2.24, 2.45) is 0 Å². The zero-order valence-electron chi connectivity index (χ0n) is 11.9. The van der Waals surface area contributed by atoms with Crippen LogP contribution in [0.2, 0.25) is 0 Å². The van der Waals surface area contributed by atoms with Crippen molar-refractivity contribution in [3.05, 3.63) is 27.3 Å². The minimum absolute atomic E-state index is 0.319. The van der Waals surface area contributed by atoms with Gasteiger partial charge in [-0.3, -0.25) is 19.3 Å². The van der Waals surface area contributed by atoms with E-state index in [-0.39, 0.29) is 12.6 Å². The van der Waals surface area contributed by atoms with Gasteiger partial charge in [0, 0.05) is 16.4 Å². The van der Waals surface area contributed by atoms with Crippen LogP contribution in [0.5, 0.6) is 0 Å². The standard InChI is InChI=1S/C14H14N2O4S3/c17-10-7-21-6-9(10)15-12(18)5-16-13(19)11(23-14(16)20)4-8-2-1-3-22-8/h1-4,9-10,17H,5-7H2,(H,15,18)/b11-4-/t9-,10+/m1/s1. The largest absolute Gasteiger partial charge is 0.390 e. The Morgan fingerprint density at radius 2 is 2.26 bits per heavy atom. The van der Waals surface area contributed by atoms with Crippen LogP contribution in [-0.2, 0) is 9.59 Å². The third-order valence-electron chi connectivity index (χ3n) is 3.39. The van der Waals surface area contributed by atoms with Crippen molar-refractivity contribution in [2.45, 2.75) is 12.1 Å². The van der Waals surface area contributed by atoms with E-state index in [4.69, 9.17) is 0 Å². The van der Waals surface area contributed by atoms with Crippen molar-refractivity contribution in [3.8, 4) is 0 Å². The molecule has 0 spiro atoms. The van der Waals surface area contributed by atoms with Gasteiger partial charge in [-0.25, -0.2) is 0 Å². The van der Waals surface area contributed by atoms with E-state index >= 15 is 0 Å². The molecule has 0 aliphatic carbocycles. The molecule has 1 aromatic rings. The maximum atomic E-state index is 12.3. The smallest absolute Gasteiger partial charge is 0.294 e. The number of aliphatic hydroxyl groups excluding tert-OH is 1. The molecule has 122 valence electrons. The van der Waals surface area contributed by atoms with Gasteiger partial charge in [-0.2, -0.15) is 11.8 Å². The van der Waals surface area contributed by atoms with Crippen molar-refractivity contribution in [2.75, 3.05) is 18.1 Å². The molecular weight excluding hydrogens is 356 g/mol. The van der Waals surface area contributed by atoms with Crippen LogP contribution in [0.3, 0.4) is 0 Å². The Morgan fingerprint density at radius 3 is 2.91 bits per heavy atom. The van der Waals surface area contributed by atoms with E-state index in [2.05, 4.69) is 5.32 Å². The monoisotopic (exact) mass is 370 g/mol. The Kier molecular flexibility index (Phi) is 5.10. The summed E-state index contributed by atoms with van der Waals surface area (Å²) in [6.45, 7) is -0.319. The van der Waals surface area contributed by atoms with Gasteiger partial charge in [0.1, 0.15) is 6.54 Å². The Labute approximate surface area is 145 Å². The number of nitrogens with zero attached hydrogens (tertiary/aromatic N) is 1. The van der Waals surface area contributed by atoms with Crippen LogP contribution < -0.4 is 5.32 Å². The number of rotatable bonds is 4. The zero-order valence-corrected chi connectivity index (χ0v) is 14.4. The van der Waals surface area contributed by atoms with E-state index in [1.54, 1.807) is 17.8 Å². The summed E-state index contributed by atoms with van der Waals surface area (Å²) in [7, 11) is 0. The predicted octanol–water partition coefficient (Wildman–Crippen LogP) is 1.38. The second-order valence-electron chi connectivity index (χ2n) is 5.06. The second-order valence-corrected chi connectivity index (χ2v) is 8.11. The summed E-state index contributed by atoms with van der Waals surface area (Å²) in [5, 5.41) is 13.8. The third kappa shape index (κ3) is 3.79. The molecule has 3 amide bonds. The van der Waals surface area contributed by atoms with Gasteiger partial charge < -0.3 is 10.4 Å². The molecular formula is C14H14N2O4S3. The summed E-state index contributed by atoms with van der Waals surface area (Å²) in [6, 6.07) is 3.39. The van der Waals surface area contributed by atoms with Gasteiger partial charge >= 0.3 is 0 Å². The van der Waals surface area contributed by atoms with E-state index in [1.165, 1.54) is 11.3 Å². The van der Waals surface area contributed by atoms with E-state index in [9.17, 15) is 19.5 Å². The molecule has 6 nitrogen and oxygen atoms in total. The molecule has 0 radical (unpaired) electrons. The van der Waals surface area contributed by atoms with Crippen LogP contribution in [0.4, 0.5) is 4.79 Å². The van der Waals surface area contributed by atoms with Crippen LogP contribution >= 0.6 is 34.9 Å². The molecule has 0 aromatic carbocycles. The molecule has 2 atom stereocenters. The zero-order chi connectivity index (χ0) is 16.4. The predicted molar refractivity (Wildman–Crippen MR) is 92.3 cm³/mol. The van der Waals surface area contributed by atoms with Crippen molar-refractivity contribution in [3.63, 3.8) is 0 Å². The summed E-state index contributed by atoms with van der Waals surface area (Å²) >= 11 is 3.86. The molecule has 2 aliphatic rings. The molecule has 2 saturated heterocycles. The first-order chi connectivity index (χ1) is 11.0. The van der Waals surface area contributed by atoms with Crippen molar-refractivity contribution in [1.82, 2.24) is 10.2 Å². The van der Waals surface area contributed by atoms with Gasteiger partial charge in [-0.15, -0.1) is 11.3 Å².